The van der Waals surface area contributed by atoms with Gasteiger partial charge in [-0.3, -0.25) is 4.68 Å². The summed E-state index contributed by atoms with van der Waals surface area (Å²) in [4.78, 5) is 0. The van der Waals surface area contributed by atoms with E-state index in [9.17, 15) is 0 Å². The topological polar surface area (TPSA) is 29.9 Å². The van der Waals surface area contributed by atoms with E-state index >= 15 is 0 Å². The second-order valence-electron chi connectivity index (χ2n) is 4.08. The summed E-state index contributed by atoms with van der Waals surface area (Å²) in [6.07, 6.45) is 4.07. The van der Waals surface area contributed by atoms with Crippen LogP contribution in [0.3, 0.4) is 0 Å². The molecule has 0 bridgehead atoms. The fraction of sp³-hybridized carbons (Fsp3) is 0.750. The highest BCUT2D eigenvalue weighted by Crippen LogP contribution is 2.25. The van der Waals surface area contributed by atoms with Gasteiger partial charge in [-0.25, -0.2) is 0 Å². The summed E-state index contributed by atoms with van der Waals surface area (Å²) >= 11 is 8.16. The SMILES string of the molecule is CCCNC(CSCCC)c1c(Cl)cnn1C. The van der Waals surface area contributed by atoms with E-state index in [2.05, 4.69) is 24.3 Å². The second-order valence-corrected chi connectivity index (χ2v) is 5.64. The molecule has 1 heterocycles. The normalized spacial score (nSPS) is 12.9. The zero-order valence-electron chi connectivity index (χ0n) is 10.9. The fourth-order valence-electron chi connectivity index (χ4n) is 1.71. The van der Waals surface area contributed by atoms with Gasteiger partial charge in [0.2, 0.25) is 0 Å². The molecule has 0 spiro atoms. The molecule has 1 aromatic heterocycles. The molecule has 0 radical (unpaired) electrons. The molecule has 5 heteroatoms. The second kappa shape index (κ2) is 8.01. The standard InChI is InChI=1S/C12H22ClN3S/c1-4-6-14-11(9-17-7-5-2)12-10(13)8-15-16(12)3/h8,11,14H,4-7,9H2,1-3H3. The first-order valence-corrected chi connectivity index (χ1v) is 7.72. The zero-order valence-corrected chi connectivity index (χ0v) is 12.4. The van der Waals surface area contributed by atoms with Crippen LogP contribution in [0.15, 0.2) is 6.20 Å². The average Bonchev–Trinajstić information content (AvgIpc) is 2.64. The van der Waals surface area contributed by atoms with Crippen molar-refractivity contribution < 1.29 is 0 Å². The van der Waals surface area contributed by atoms with Gasteiger partial charge in [-0.05, 0) is 25.1 Å². The summed E-state index contributed by atoms with van der Waals surface area (Å²) in [7, 11) is 1.95. The van der Waals surface area contributed by atoms with Crippen LogP contribution in [0, 0.1) is 0 Å². The summed E-state index contributed by atoms with van der Waals surface area (Å²) in [6, 6.07) is 0.298. The largest absolute Gasteiger partial charge is 0.308 e. The van der Waals surface area contributed by atoms with Crippen LogP contribution in [-0.2, 0) is 7.05 Å². The third-order valence-electron chi connectivity index (χ3n) is 2.54. The number of nitrogens with zero attached hydrogens (tertiary/aromatic N) is 2. The minimum Gasteiger partial charge on any atom is -0.308 e. The van der Waals surface area contributed by atoms with Crippen molar-refractivity contribution in [2.45, 2.75) is 32.7 Å². The van der Waals surface area contributed by atoms with Gasteiger partial charge in [0, 0.05) is 12.8 Å². The fourth-order valence-corrected chi connectivity index (χ4v) is 2.98. The van der Waals surface area contributed by atoms with Crippen molar-refractivity contribution in [3.05, 3.63) is 16.9 Å². The molecular formula is C12H22ClN3S. The van der Waals surface area contributed by atoms with Crippen LogP contribution in [0.25, 0.3) is 0 Å². The molecule has 3 nitrogen and oxygen atoms in total. The Morgan fingerprint density at radius 3 is 2.76 bits per heavy atom. The molecule has 0 aliphatic rings. The molecule has 17 heavy (non-hydrogen) atoms. The van der Waals surface area contributed by atoms with Crippen LogP contribution in [-0.4, -0.2) is 27.8 Å². The van der Waals surface area contributed by atoms with Gasteiger partial charge in [0.1, 0.15) is 0 Å². The molecule has 0 saturated heterocycles. The number of rotatable bonds is 8. The van der Waals surface area contributed by atoms with Crippen LogP contribution < -0.4 is 5.32 Å². The van der Waals surface area contributed by atoms with E-state index in [-0.39, 0.29) is 0 Å². The minimum atomic E-state index is 0.298. The summed E-state index contributed by atoms with van der Waals surface area (Å²) < 4.78 is 1.88. The molecule has 98 valence electrons. The van der Waals surface area contributed by atoms with Crippen molar-refractivity contribution in [1.82, 2.24) is 15.1 Å². The van der Waals surface area contributed by atoms with Crippen molar-refractivity contribution in [3.63, 3.8) is 0 Å². The predicted octanol–water partition coefficient (Wildman–Crippen LogP) is 3.26. The predicted molar refractivity (Wildman–Crippen MR) is 76.9 cm³/mol. The molecule has 0 saturated carbocycles. The molecule has 0 fully saturated rings. The van der Waals surface area contributed by atoms with Crippen LogP contribution in [0.4, 0.5) is 0 Å². The highest BCUT2D eigenvalue weighted by atomic mass is 35.5. The number of aryl methyl sites for hydroxylation is 1. The number of thioether (sulfide) groups is 1. The Balaban J connectivity index is 2.67. The van der Waals surface area contributed by atoms with Crippen LogP contribution in [0.5, 0.6) is 0 Å². The van der Waals surface area contributed by atoms with Crippen LogP contribution in [0.2, 0.25) is 5.02 Å². The van der Waals surface area contributed by atoms with Gasteiger partial charge < -0.3 is 5.32 Å². The molecule has 0 aliphatic heterocycles. The molecule has 0 amide bonds. The zero-order chi connectivity index (χ0) is 12.7. The smallest absolute Gasteiger partial charge is 0.0834 e. The molecule has 1 aromatic rings. The van der Waals surface area contributed by atoms with Crippen LogP contribution in [0.1, 0.15) is 38.4 Å². The Bertz CT molecular complexity index is 308. The lowest BCUT2D eigenvalue weighted by atomic mass is 10.2. The van der Waals surface area contributed by atoms with Gasteiger partial charge in [-0.2, -0.15) is 16.9 Å². The van der Waals surface area contributed by atoms with Crippen molar-refractivity contribution >= 4 is 23.4 Å². The number of aromatic nitrogens is 2. The van der Waals surface area contributed by atoms with Crippen molar-refractivity contribution in [2.24, 2.45) is 7.05 Å². The monoisotopic (exact) mass is 275 g/mol. The maximum Gasteiger partial charge on any atom is 0.0834 e. The van der Waals surface area contributed by atoms with E-state index in [4.69, 9.17) is 11.6 Å². The Labute approximate surface area is 113 Å². The molecule has 1 N–H and O–H groups in total. The van der Waals surface area contributed by atoms with E-state index in [1.165, 1.54) is 12.2 Å². The van der Waals surface area contributed by atoms with Gasteiger partial charge >= 0.3 is 0 Å². The Morgan fingerprint density at radius 2 is 2.24 bits per heavy atom. The first-order valence-electron chi connectivity index (χ1n) is 6.19. The molecule has 1 unspecified atom stereocenters. The Kier molecular flexibility index (Phi) is 7.00. The highest BCUT2D eigenvalue weighted by Gasteiger charge is 2.18. The lowest BCUT2D eigenvalue weighted by Crippen LogP contribution is -2.26. The Morgan fingerprint density at radius 1 is 1.47 bits per heavy atom. The quantitative estimate of drug-likeness (QED) is 0.739. The lowest BCUT2D eigenvalue weighted by Gasteiger charge is -2.19. The van der Waals surface area contributed by atoms with E-state index in [1.807, 2.05) is 23.5 Å². The summed E-state index contributed by atoms with van der Waals surface area (Å²) in [5.74, 6) is 2.24. The van der Waals surface area contributed by atoms with Crippen molar-refractivity contribution in [1.29, 1.82) is 0 Å². The third-order valence-corrected chi connectivity index (χ3v) is 4.10. The first kappa shape index (κ1) is 14.9. The summed E-state index contributed by atoms with van der Waals surface area (Å²) in [5, 5.41) is 8.52. The number of hydrogen-bond acceptors (Lipinski definition) is 3. The van der Waals surface area contributed by atoms with E-state index in [0.29, 0.717) is 6.04 Å². The van der Waals surface area contributed by atoms with Gasteiger partial charge in [0.25, 0.3) is 0 Å². The van der Waals surface area contributed by atoms with E-state index in [0.717, 1.165) is 29.4 Å². The van der Waals surface area contributed by atoms with E-state index < -0.39 is 0 Å². The third kappa shape index (κ3) is 4.53. The van der Waals surface area contributed by atoms with Gasteiger partial charge in [0.15, 0.2) is 0 Å². The van der Waals surface area contributed by atoms with Gasteiger partial charge in [-0.15, -0.1) is 0 Å². The summed E-state index contributed by atoms with van der Waals surface area (Å²) in [6.45, 7) is 5.39. The summed E-state index contributed by atoms with van der Waals surface area (Å²) in [5.41, 5.74) is 1.10. The molecule has 1 rings (SSSR count). The number of hydrogen-bond donors (Lipinski definition) is 1. The number of halogens is 1. The molecular weight excluding hydrogens is 254 g/mol. The Hall–Kier alpha value is -0.190. The van der Waals surface area contributed by atoms with E-state index in [1.54, 1.807) is 6.20 Å². The van der Waals surface area contributed by atoms with Crippen molar-refractivity contribution in [3.8, 4) is 0 Å². The number of nitrogens with one attached hydrogen (secondary N) is 1. The average molecular weight is 276 g/mol. The highest BCUT2D eigenvalue weighted by molar-refractivity contribution is 7.99. The lowest BCUT2D eigenvalue weighted by molar-refractivity contribution is 0.535. The maximum atomic E-state index is 6.20. The molecule has 1 atom stereocenters. The molecule has 0 aromatic carbocycles. The maximum absolute atomic E-state index is 6.20. The molecule has 0 aliphatic carbocycles. The first-order chi connectivity index (χ1) is 8.20. The van der Waals surface area contributed by atoms with Gasteiger partial charge in [-0.1, -0.05) is 25.4 Å². The van der Waals surface area contributed by atoms with Crippen molar-refractivity contribution in [2.75, 3.05) is 18.1 Å². The van der Waals surface area contributed by atoms with Crippen LogP contribution >= 0.6 is 23.4 Å². The van der Waals surface area contributed by atoms with Gasteiger partial charge in [0.05, 0.1) is 23.0 Å². The minimum absolute atomic E-state index is 0.298.